The van der Waals surface area contributed by atoms with E-state index in [9.17, 15) is 4.79 Å². The summed E-state index contributed by atoms with van der Waals surface area (Å²) >= 11 is 15.5. The fraction of sp³-hybridized carbons (Fsp3) is 0.154. The van der Waals surface area contributed by atoms with Crippen LogP contribution in [0.1, 0.15) is 15.2 Å². The number of hydrogen-bond acceptors (Lipinski definition) is 2. The number of rotatable bonds is 4. The summed E-state index contributed by atoms with van der Waals surface area (Å²) in [4.78, 5) is 13.1. The van der Waals surface area contributed by atoms with E-state index in [-0.39, 0.29) is 5.91 Å². The molecule has 0 spiro atoms. The van der Waals surface area contributed by atoms with Gasteiger partial charge in [-0.3, -0.25) is 4.79 Å². The highest BCUT2D eigenvalue weighted by Crippen LogP contribution is 2.22. The smallest absolute Gasteiger partial charge is 0.251 e. The number of carbonyl (C=O) groups is 1. The fourth-order valence-corrected chi connectivity index (χ4v) is 3.13. The Hall–Kier alpha value is -0.300. The van der Waals surface area contributed by atoms with E-state index in [0.717, 1.165) is 19.2 Å². The maximum Gasteiger partial charge on any atom is 0.251 e. The first-order valence-electron chi connectivity index (χ1n) is 5.54. The summed E-state index contributed by atoms with van der Waals surface area (Å²) in [5.41, 5.74) is 0.578. The number of nitrogens with one attached hydrogen (secondary N) is 1. The molecule has 1 aromatic heterocycles. The average Bonchev–Trinajstić information content (AvgIpc) is 2.78. The molecule has 2 nitrogen and oxygen atoms in total. The van der Waals surface area contributed by atoms with Gasteiger partial charge in [-0.05, 0) is 59.3 Å². The monoisotopic (exact) mass is 425 g/mol. The molecule has 0 fully saturated rings. The Kier molecular flexibility index (Phi) is 5.50. The minimum Gasteiger partial charge on any atom is -0.352 e. The van der Waals surface area contributed by atoms with Gasteiger partial charge in [-0.2, -0.15) is 0 Å². The van der Waals surface area contributed by atoms with Crippen molar-refractivity contribution >= 4 is 63.0 Å². The molecule has 0 bridgehead atoms. The normalized spacial score (nSPS) is 10.5. The Balaban J connectivity index is 1.89. The maximum absolute atomic E-state index is 11.9. The summed E-state index contributed by atoms with van der Waals surface area (Å²) in [5.74, 6) is -0.110. The molecule has 19 heavy (non-hydrogen) atoms. The van der Waals surface area contributed by atoms with E-state index in [1.165, 1.54) is 11.3 Å². The lowest BCUT2D eigenvalue weighted by Gasteiger charge is -2.05. The molecule has 0 aliphatic carbocycles. The Morgan fingerprint density at radius 2 is 2.05 bits per heavy atom. The van der Waals surface area contributed by atoms with Crippen LogP contribution in [-0.2, 0) is 6.42 Å². The summed E-state index contributed by atoms with van der Waals surface area (Å²) in [6.45, 7) is 0.583. The van der Waals surface area contributed by atoms with Gasteiger partial charge in [-0.1, -0.05) is 23.2 Å². The zero-order chi connectivity index (χ0) is 13.8. The highest BCUT2D eigenvalue weighted by Gasteiger charge is 2.07. The van der Waals surface area contributed by atoms with Crippen LogP contribution in [-0.4, -0.2) is 12.5 Å². The molecule has 2 aromatic rings. The van der Waals surface area contributed by atoms with Gasteiger partial charge in [0.1, 0.15) is 0 Å². The molecule has 0 radical (unpaired) electrons. The van der Waals surface area contributed by atoms with Gasteiger partial charge in [0.05, 0.1) is 9.36 Å². The molecule has 1 aromatic carbocycles. The second kappa shape index (κ2) is 6.92. The van der Waals surface area contributed by atoms with Gasteiger partial charge in [0.15, 0.2) is 0 Å². The van der Waals surface area contributed by atoms with Crippen LogP contribution in [0.25, 0.3) is 0 Å². The van der Waals surface area contributed by atoms with Crippen LogP contribution in [0.5, 0.6) is 0 Å². The van der Waals surface area contributed by atoms with Crippen molar-refractivity contribution in [3.8, 4) is 0 Å². The molecule has 2 rings (SSSR count). The molecule has 0 atom stereocenters. The van der Waals surface area contributed by atoms with Crippen molar-refractivity contribution in [1.82, 2.24) is 5.32 Å². The number of benzene rings is 1. The fourth-order valence-electron chi connectivity index (χ4n) is 1.52. The van der Waals surface area contributed by atoms with Gasteiger partial charge in [0.25, 0.3) is 5.91 Å². The van der Waals surface area contributed by atoms with E-state index in [1.54, 1.807) is 12.1 Å². The Labute approximate surface area is 139 Å². The minimum atomic E-state index is -0.110. The lowest BCUT2D eigenvalue weighted by molar-refractivity contribution is 0.0954. The highest BCUT2D eigenvalue weighted by atomic mass is 127. The van der Waals surface area contributed by atoms with Crippen LogP contribution in [0.3, 0.4) is 0 Å². The molecular weight excluding hydrogens is 416 g/mol. The number of hydrogen-bond donors (Lipinski definition) is 1. The average molecular weight is 426 g/mol. The van der Waals surface area contributed by atoms with Crippen molar-refractivity contribution in [2.45, 2.75) is 6.42 Å². The molecule has 0 aliphatic rings. The molecule has 1 amide bonds. The van der Waals surface area contributed by atoms with Crippen molar-refractivity contribution in [3.63, 3.8) is 0 Å². The quantitative estimate of drug-likeness (QED) is 0.710. The van der Waals surface area contributed by atoms with Crippen LogP contribution < -0.4 is 5.32 Å². The van der Waals surface area contributed by atoms with Crippen molar-refractivity contribution in [2.24, 2.45) is 0 Å². The highest BCUT2D eigenvalue weighted by molar-refractivity contribution is 14.1. The number of carbonyl (C=O) groups excluding carboxylic acids is 1. The zero-order valence-corrected chi connectivity index (χ0v) is 14.2. The Morgan fingerprint density at radius 3 is 2.68 bits per heavy atom. The lowest BCUT2D eigenvalue weighted by Crippen LogP contribution is -2.25. The third kappa shape index (κ3) is 4.34. The predicted molar refractivity (Wildman–Crippen MR) is 89.5 cm³/mol. The standard InChI is InChI=1S/C13H10Cl2INOS/c14-10-7-8(1-3-11(10)16)13(18)17-6-5-9-2-4-12(15)19-9/h1-4,7H,5-6H2,(H,17,18). The Bertz CT molecular complexity index is 600. The largest absolute Gasteiger partial charge is 0.352 e. The summed E-state index contributed by atoms with van der Waals surface area (Å²) in [6.07, 6.45) is 0.779. The van der Waals surface area contributed by atoms with Gasteiger partial charge in [0, 0.05) is 20.6 Å². The van der Waals surface area contributed by atoms with Crippen molar-refractivity contribution in [2.75, 3.05) is 6.54 Å². The summed E-state index contributed by atoms with van der Waals surface area (Å²) < 4.78 is 1.70. The van der Waals surface area contributed by atoms with E-state index in [4.69, 9.17) is 23.2 Å². The van der Waals surface area contributed by atoms with Gasteiger partial charge < -0.3 is 5.32 Å². The summed E-state index contributed by atoms with van der Waals surface area (Å²) in [6, 6.07) is 9.12. The van der Waals surface area contributed by atoms with Crippen LogP contribution in [0.2, 0.25) is 9.36 Å². The Morgan fingerprint density at radius 1 is 1.26 bits per heavy atom. The van der Waals surface area contributed by atoms with E-state index in [1.807, 2.05) is 18.2 Å². The number of halogens is 3. The third-order valence-corrected chi connectivity index (χ3v) is 5.33. The van der Waals surface area contributed by atoms with Crippen molar-refractivity contribution in [1.29, 1.82) is 0 Å². The van der Waals surface area contributed by atoms with Gasteiger partial charge in [0.2, 0.25) is 0 Å². The zero-order valence-electron chi connectivity index (χ0n) is 9.75. The molecule has 0 unspecified atom stereocenters. The third-order valence-electron chi connectivity index (χ3n) is 2.47. The van der Waals surface area contributed by atoms with Crippen LogP contribution >= 0.6 is 57.1 Å². The molecule has 0 saturated heterocycles. The van der Waals surface area contributed by atoms with Gasteiger partial charge >= 0.3 is 0 Å². The van der Waals surface area contributed by atoms with E-state index in [0.29, 0.717) is 17.1 Å². The SMILES string of the molecule is O=C(NCCc1ccc(Cl)s1)c1ccc(I)c(Cl)c1. The van der Waals surface area contributed by atoms with Gasteiger partial charge in [-0.25, -0.2) is 0 Å². The second-order valence-corrected chi connectivity index (χ2v) is 7.21. The summed E-state index contributed by atoms with van der Waals surface area (Å²) in [5, 5.41) is 3.46. The van der Waals surface area contributed by atoms with E-state index < -0.39 is 0 Å². The number of thiophene rings is 1. The minimum absolute atomic E-state index is 0.110. The molecule has 6 heteroatoms. The molecule has 1 heterocycles. The van der Waals surface area contributed by atoms with Crippen molar-refractivity contribution < 1.29 is 4.79 Å². The number of amides is 1. The summed E-state index contributed by atoms with van der Waals surface area (Å²) in [7, 11) is 0. The van der Waals surface area contributed by atoms with E-state index in [2.05, 4.69) is 27.9 Å². The topological polar surface area (TPSA) is 29.1 Å². The molecule has 0 aliphatic heterocycles. The molecule has 1 N–H and O–H groups in total. The first-order valence-corrected chi connectivity index (χ1v) is 8.19. The van der Waals surface area contributed by atoms with E-state index >= 15 is 0 Å². The van der Waals surface area contributed by atoms with Gasteiger partial charge in [-0.15, -0.1) is 11.3 Å². The second-order valence-electron chi connectivity index (χ2n) is 3.84. The van der Waals surface area contributed by atoms with Crippen molar-refractivity contribution in [3.05, 3.63) is 53.7 Å². The molecule has 100 valence electrons. The van der Waals surface area contributed by atoms with Crippen LogP contribution in [0.15, 0.2) is 30.3 Å². The lowest BCUT2D eigenvalue weighted by atomic mass is 10.2. The predicted octanol–water partition coefficient (Wildman–Crippen LogP) is 4.63. The first kappa shape index (κ1) is 15.1. The molecule has 0 saturated carbocycles. The van der Waals surface area contributed by atoms with Crippen LogP contribution in [0, 0.1) is 3.57 Å². The molecular formula is C13H10Cl2INOS. The maximum atomic E-state index is 11.9. The van der Waals surface area contributed by atoms with Crippen LogP contribution in [0.4, 0.5) is 0 Å². The first-order chi connectivity index (χ1) is 9.06.